The van der Waals surface area contributed by atoms with E-state index in [0.29, 0.717) is 23.7 Å². The molecule has 146 valence electrons. The van der Waals surface area contributed by atoms with Crippen molar-refractivity contribution < 1.29 is 19.1 Å². The predicted molar refractivity (Wildman–Crippen MR) is 103 cm³/mol. The molecule has 0 radical (unpaired) electrons. The Morgan fingerprint density at radius 1 is 1.26 bits per heavy atom. The molecule has 1 N–H and O–H groups in total. The van der Waals surface area contributed by atoms with Gasteiger partial charge in [-0.15, -0.1) is 0 Å². The van der Waals surface area contributed by atoms with E-state index in [1.807, 2.05) is 44.2 Å². The molecule has 1 aliphatic heterocycles. The Morgan fingerprint density at radius 3 is 2.52 bits per heavy atom. The highest BCUT2D eigenvalue weighted by Crippen LogP contribution is 2.36. The lowest BCUT2D eigenvalue weighted by Gasteiger charge is -2.34. The van der Waals surface area contributed by atoms with Gasteiger partial charge in [-0.3, -0.25) is 9.59 Å². The molecular weight excluding hydrogens is 344 g/mol. The summed E-state index contributed by atoms with van der Waals surface area (Å²) in [6, 6.07) is 9.44. The summed E-state index contributed by atoms with van der Waals surface area (Å²) in [5.74, 6) is -0.899. The number of amides is 2. The highest BCUT2D eigenvalue weighted by molar-refractivity contribution is 5.97. The Balaban J connectivity index is 2.34. The third kappa shape index (κ3) is 5.18. The topological polar surface area (TPSA) is 75.7 Å². The molecule has 2 amide bonds. The van der Waals surface area contributed by atoms with E-state index in [0.717, 1.165) is 5.56 Å². The average molecular weight is 372 g/mol. The summed E-state index contributed by atoms with van der Waals surface area (Å²) in [7, 11) is 0. The molecule has 1 aromatic carbocycles. The average Bonchev–Trinajstić information content (AvgIpc) is 2.63. The molecule has 1 unspecified atom stereocenters. The predicted octanol–water partition coefficient (Wildman–Crippen LogP) is 2.61. The molecule has 0 fully saturated rings. The van der Waals surface area contributed by atoms with Crippen molar-refractivity contribution in [2.45, 2.75) is 40.0 Å². The van der Waals surface area contributed by atoms with E-state index in [2.05, 4.69) is 5.32 Å². The minimum Gasteiger partial charge on any atom is -0.463 e. The molecule has 0 bridgehead atoms. The second-order valence-electron chi connectivity index (χ2n) is 7.06. The second-order valence-corrected chi connectivity index (χ2v) is 7.06. The first kappa shape index (κ1) is 20.7. The Kier molecular flexibility index (Phi) is 7.16. The Hall–Kier alpha value is -2.63. The van der Waals surface area contributed by atoms with Crippen LogP contribution in [0.1, 0.15) is 45.6 Å². The number of esters is 1. The van der Waals surface area contributed by atoms with Crippen LogP contribution in [-0.4, -0.2) is 42.4 Å². The first-order valence-corrected chi connectivity index (χ1v) is 9.35. The molecule has 1 aromatic rings. The number of benzene rings is 1. The van der Waals surface area contributed by atoms with Gasteiger partial charge in [-0.1, -0.05) is 44.2 Å². The maximum absolute atomic E-state index is 12.7. The van der Waals surface area contributed by atoms with Crippen LogP contribution in [0.15, 0.2) is 41.6 Å². The normalized spacial score (nSPS) is 17.3. The van der Waals surface area contributed by atoms with Crippen LogP contribution in [0.4, 0.5) is 0 Å². The van der Waals surface area contributed by atoms with E-state index in [1.54, 1.807) is 13.8 Å². The first-order chi connectivity index (χ1) is 12.8. The fourth-order valence-corrected chi connectivity index (χ4v) is 3.16. The number of rotatable bonds is 7. The zero-order valence-corrected chi connectivity index (χ0v) is 16.5. The van der Waals surface area contributed by atoms with Crippen LogP contribution in [0.2, 0.25) is 0 Å². The lowest BCUT2D eigenvalue weighted by Crippen LogP contribution is -2.44. The number of carbonyl (C=O) groups is 3. The lowest BCUT2D eigenvalue weighted by molar-refractivity contribution is -0.141. The SMILES string of the molecule is CCOC(=O)C1=C(C)N(CC(=O)NCC(C)C)C(=O)CC1c1ccccc1. The van der Waals surface area contributed by atoms with Crippen molar-refractivity contribution in [2.24, 2.45) is 5.92 Å². The Labute approximate surface area is 160 Å². The maximum atomic E-state index is 12.7. The number of ether oxygens (including phenoxy) is 1. The molecule has 1 heterocycles. The lowest BCUT2D eigenvalue weighted by atomic mass is 9.83. The van der Waals surface area contributed by atoms with Crippen molar-refractivity contribution in [3.63, 3.8) is 0 Å². The van der Waals surface area contributed by atoms with Crippen LogP contribution in [0, 0.1) is 5.92 Å². The number of hydrogen-bond acceptors (Lipinski definition) is 4. The van der Waals surface area contributed by atoms with Crippen molar-refractivity contribution in [1.29, 1.82) is 0 Å². The Morgan fingerprint density at radius 2 is 1.93 bits per heavy atom. The quantitative estimate of drug-likeness (QED) is 0.747. The molecule has 0 saturated heterocycles. The zero-order valence-electron chi connectivity index (χ0n) is 16.5. The fraction of sp³-hybridized carbons (Fsp3) is 0.476. The summed E-state index contributed by atoms with van der Waals surface area (Å²) in [6.07, 6.45) is 0.132. The van der Waals surface area contributed by atoms with Crippen molar-refractivity contribution in [3.05, 3.63) is 47.2 Å². The van der Waals surface area contributed by atoms with Crippen molar-refractivity contribution in [1.82, 2.24) is 10.2 Å². The van der Waals surface area contributed by atoms with Crippen molar-refractivity contribution in [2.75, 3.05) is 19.7 Å². The molecular formula is C21H28N2O4. The Bertz CT molecular complexity index is 725. The van der Waals surface area contributed by atoms with Crippen molar-refractivity contribution in [3.8, 4) is 0 Å². The fourth-order valence-electron chi connectivity index (χ4n) is 3.16. The van der Waals surface area contributed by atoms with Crippen molar-refractivity contribution >= 4 is 17.8 Å². The summed E-state index contributed by atoms with van der Waals surface area (Å²) in [6.45, 7) is 8.15. The molecule has 0 aromatic heterocycles. The standard InChI is InChI=1S/C21H28N2O4/c1-5-27-21(26)20-15(4)23(13-18(24)22-12-14(2)3)19(25)11-17(20)16-9-7-6-8-10-16/h6-10,14,17H,5,11-13H2,1-4H3,(H,22,24). The van der Waals surface area contributed by atoms with Gasteiger partial charge in [0.2, 0.25) is 11.8 Å². The van der Waals surface area contributed by atoms with E-state index in [9.17, 15) is 14.4 Å². The van der Waals surface area contributed by atoms with Crippen LogP contribution < -0.4 is 5.32 Å². The van der Waals surface area contributed by atoms with Gasteiger partial charge in [-0.2, -0.15) is 0 Å². The minimum atomic E-state index is -0.441. The smallest absolute Gasteiger partial charge is 0.336 e. The largest absolute Gasteiger partial charge is 0.463 e. The zero-order chi connectivity index (χ0) is 20.0. The van der Waals surface area contributed by atoms with Gasteiger partial charge in [-0.25, -0.2) is 4.79 Å². The molecule has 1 atom stereocenters. The van der Waals surface area contributed by atoms with Gasteiger partial charge in [-0.05, 0) is 25.3 Å². The number of hydrogen-bond donors (Lipinski definition) is 1. The highest BCUT2D eigenvalue weighted by atomic mass is 16.5. The summed E-state index contributed by atoms with van der Waals surface area (Å²) in [5.41, 5.74) is 1.81. The molecule has 1 aliphatic rings. The van der Waals surface area contributed by atoms with Gasteiger partial charge in [0.25, 0.3) is 0 Å². The molecule has 6 heteroatoms. The van der Waals surface area contributed by atoms with Gasteiger partial charge in [0.1, 0.15) is 6.54 Å². The van der Waals surface area contributed by atoms with Crippen LogP contribution in [0.25, 0.3) is 0 Å². The number of carbonyl (C=O) groups excluding carboxylic acids is 3. The van der Waals surface area contributed by atoms with E-state index < -0.39 is 5.97 Å². The van der Waals surface area contributed by atoms with Crippen LogP contribution in [0.5, 0.6) is 0 Å². The summed E-state index contributed by atoms with van der Waals surface area (Å²) in [5, 5.41) is 2.81. The molecule has 6 nitrogen and oxygen atoms in total. The molecule has 0 saturated carbocycles. The third-order valence-electron chi connectivity index (χ3n) is 4.53. The molecule has 0 spiro atoms. The molecule has 27 heavy (non-hydrogen) atoms. The van der Waals surface area contributed by atoms with E-state index in [1.165, 1.54) is 4.90 Å². The van der Waals surface area contributed by atoms with Crippen LogP contribution >= 0.6 is 0 Å². The van der Waals surface area contributed by atoms with E-state index in [4.69, 9.17) is 4.74 Å². The maximum Gasteiger partial charge on any atom is 0.336 e. The highest BCUT2D eigenvalue weighted by Gasteiger charge is 2.37. The number of nitrogens with one attached hydrogen (secondary N) is 1. The van der Waals surface area contributed by atoms with Gasteiger partial charge in [0, 0.05) is 24.6 Å². The molecule has 2 rings (SSSR count). The van der Waals surface area contributed by atoms with Gasteiger partial charge in [0.15, 0.2) is 0 Å². The van der Waals surface area contributed by atoms with E-state index >= 15 is 0 Å². The monoisotopic (exact) mass is 372 g/mol. The van der Waals surface area contributed by atoms with Crippen LogP contribution in [-0.2, 0) is 19.1 Å². The number of nitrogens with zero attached hydrogens (tertiary/aromatic N) is 1. The summed E-state index contributed by atoms with van der Waals surface area (Å²) in [4.78, 5) is 39.0. The third-order valence-corrected chi connectivity index (χ3v) is 4.53. The minimum absolute atomic E-state index is 0.0954. The first-order valence-electron chi connectivity index (χ1n) is 9.35. The summed E-state index contributed by atoms with van der Waals surface area (Å²) < 4.78 is 5.24. The van der Waals surface area contributed by atoms with E-state index in [-0.39, 0.29) is 37.3 Å². The van der Waals surface area contributed by atoms with Gasteiger partial charge in [0.05, 0.1) is 12.2 Å². The van der Waals surface area contributed by atoms with Gasteiger partial charge >= 0.3 is 5.97 Å². The van der Waals surface area contributed by atoms with Gasteiger partial charge < -0.3 is 15.0 Å². The second kappa shape index (κ2) is 9.35. The molecule has 0 aliphatic carbocycles. The number of allylic oxidation sites excluding steroid dienone is 1. The summed E-state index contributed by atoms with van der Waals surface area (Å²) >= 11 is 0. The van der Waals surface area contributed by atoms with Crippen LogP contribution in [0.3, 0.4) is 0 Å².